The number of benzene rings is 2. The molecular formula is C28H32ClN3O6. The third-order valence-corrected chi connectivity index (χ3v) is 6.82. The van der Waals surface area contributed by atoms with Gasteiger partial charge in [-0.2, -0.15) is 0 Å². The Bertz CT molecular complexity index is 1260. The quantitative estimate of drug-likeness (QED) is 0.307. The molecule has 2 atom stereocenters. The van der Waals surface area contributed by atoms with Gasteiger partial charge in [-0.1, -0.05) is 48.5 Å². The monoisotopic (exact) mass is 541 g/mol. The minimum Gasteiger partial charge on any atom is -0.466 e. The number of nitro groups is 1. The van der Waals surface area contributed by atoms with Crippen LogP contribution in [0.4, 0.5) is 5.69 Å². The summed E-state index contributed by atoms with van der Waals surface area (Å²) in [7, 11) is 1.24. The Morgan fingerprint density at radius 1 is 1.03 bits per heavy atom. The number of nitrogens with zero attached hydrogens (tertiary/aromatic N) is 2. The van der Waals surface area contributed by atoms with E-state index in [1.807, 2.05) is 18.2 Å². The number of hydrogen-bond donors (Lipinski definition) is 1. The van der Waals surface area contributed by atoms with Crippen LogP contribution >= 0.6 is 12.4 Å². The van der Waals surface area contributed by atoms with Gasteiger partial charge in [-0.3, -0.25) is 15.0 Å². The van der Waals surface area contributed by atoms with Crippen molar-refractivity contribution in [2.45, 2.75) is 45.3 Å². The van der Waals surface area contributed by atoms with Crippen molar-refractivity contribution >= 4 is 30.0 Å². The Morgan fingerprint density at radius 3 is 2.32 bits per heavy atom. The molecule has 0 amide bonds. The topological polar surface area (TPSA) is 111 Å². The van der Waals surface area contributed by atoms with E-state index in [0.29, 0.717) is 24.4 Å². The Hall–Kier alpha value is -3.69. The fourth-order valence-corrected chi connectivity index (χ4v) is 5.16. The number of para-hydroxylation sites is 1. The molecule has 0 aliphatic carbocycles. The van der Waals surface area contributed by atoms with Gasteiger partial charge in [-0.05, 0) is 38.8 Å². The van der Waals surface area contributed by atoms with Crippen LogP contribution in [-0.4, -0.2) is 48.1 Å². The number of dihydropyridines is 1. The number of nitrogens with one attached hydrogen (secondary N) is 1. The predicted molar refractivity (Wildman–Crippen MR) is 144 cm³/mol. The number of piperidine rings is 1. The van der Waals surface area contributed by atoms with Gasteiger partial charge in [0.15, 0.2) is 0 Å². The molecule has 0 aromatic heterocycles. The molecule has 9 nitrogen and oxygen atoms in total. The maximum absolute atomic E-state index is 13.7. The minimum absolute atomic E-state index is 0. The lowest BCUT2D eigenvalue weighted by Gasteiger charge is -2.34. The summed E-state index contributed by atoms with van der Waals surface area (Å²) in [6, 6.07) is 16.2. The Morgan fingerprint density at radius 2 is 1.66 bits per heavy atom. The van der Waals surface area contributed by atoms with Gasteiger partial charge in [0, 0.05) is 36.1 Å². The van der Waals surface area contributed by atoms with Crippen molar-refractivity contribution in [2.24, 2.45) is 0 Å². The molecule has 0 saturated carbocycles. The van der Waals surface area contributed by atoms with Crippen LogP contribution in [-0.2, 0) is 25.6 Å². The number of carbonyl (C=O) groups is 2. The van der Waals surface area contributed by atoms with Crippen molar-refractivity contribution in [1.82, 2.24) is 10.2 Å². The summed E-state index contributed by atoms with van der Waals surface area (Å²) in [6.45, 7) is 5.63. The molecular weight excluding hydrogens is 510 g/mol. The van der Waals surface area contributed by atoms with Crippen molar-refractivity contribution in [3.63, 3.8) is 0 Å². The number of methoxy groups -OCH3 is 1. The Kier molecular flexibility index (Phi) is 9.66. The highest BCUT2D eigenvalue weighted by molar-refractivity contribution is 6.00. The van der Waals surface area contributed by atoms with Crippen molar-refractivity contribution in [3.05, 3.63) is 98.4 Å². The number of rotatable bonds is 7. The molecule has 2 aliphatic rings. The number of carbonyl (C=O) groups excluding carboxylic acids is 2. The van der Waals surface area contributed by atoms with Crippen LogP contribution in [0.25, 0.3) is 0 Å². The number of halogens is 1. The maximum Gasteiger partial charge on any atom is 0.337 e. The zero-order valence-electron chi connectivity index (χ0n) is 21.6. The van der Waals surface area contributed by atoms with Crippen LogP contribution < -0.4 is 5.32 Å². The average molecular weight is 542 g/mol. The first kappa shape index (κ1) is 28.9. The van der Waals surface area contributed by atoms with E-state index in [9.17, 15) is 19.7 Å². The van der Waals surface area contributed by atoms with Gasteiger partial charge in [-0.25, -0.2) is 9.59 Å². The molecule has 0 spiro atoms. The Balaban J connectivity index is 0.00000400. The first-order chi connectivity index (χ1) is 17.8. The van der Waals surface area contributed by atoms with E-state index in [4.69, 9.17) is 9.47 Å². The second-order valence-corrected chi connectivity index (χ2v) is 9.33. The van der Waals surface area contributed by atoms with Gasteiger partial charge in [-0.15, -0.1) is 12.4 Å². The molecule has 2 unspecified atom stereocenters. The smallest absolute Gasteiger partial charge is 0.337 e. The van der Waals surface area contributed by atoms with Gasteiger partial charge in [0.05, 0.1) is 29.1 Å². The van der Waals surface area contributed by atoms with E-state index in [2.05, 4.69) is 22.3 Å². The van der Waals surface area contributed by atoms with E-state index in [1.54, 1.807) is 32.0 Å². The molecule has 1 fully saturated rings. The number of esters is 2. The maximum atomic E-state index is 13.7. The highest BCUT2D eigenvalue weighted by Crippen LogP contribution is 2.42. The zero-order chi connectivity index (χ0) is 26.5. The molecule has 0 bridgehead atoms. The van der Waals surface area contributed by atoms with E-state index in [-0.39, 0.29) is 40.9 Å². The summed E-state index contributed by atoms with van der Waals surface area (Å²) in [6.07, 6.45) is 1.25. The van der Waals surface area contributed by atoms with Crippen molar-refractivity contribution in [3.8, 4) is 0 Å². The summed E-state index contributed by atoms with van der Waals surface area (Å²) in [4.78, 5) is 40.2. The number of allylic oxidation sites excluding steroid dienone is 2. The molecule has 10 heteroatoms. The second kappa shape index (κ2) is 12.7. The molecule has 2 aromatic rings. The molecule has 2 heterocycles. The predicted octanol–water partition coefficient (Wildman–Crippen LogP) is 4.63. The standard InChI is InChI=1S/C28H31N3O6.ClH/c1-18-24(27(32)36-3)26(22-13-7-8-14-23(22)31(34)35)25(19(2)29-18)28(33)37-21-12-9-15-30(17-21)16-20-10-5-4-6-11-20;/h4-8,10-11,13-14,21,26,29H,9,12,15-17H2,1-3H3;1H. The van der Waals surface area contributed by atoms with Crippen LogP contribution in [0.15, 0.2) is 77.1 Å². The summed E-state index contributed by atoms with van der Waals surface area (Å²) in [5, 5.41) is 15.0. The third-order valence-electron chi connectivity index (χ3n) is 6.82. The fraction of sp³-hybridized carbons (Fsp3) is 0.357. The molecule has 4 rings (SSSR count). The summed E-state index contributed by atoms with van der Waals surface area (Å²) >= 11 is 0. The van der Waals surface area contributed by atoms with Crippen LogP contribution in [0.3, 0.4) is 0 Å². The highest BCUT2D eigenvalue weighted by Gasteiger charge is 2.41. The molecule has 1 N–H and O–H groups in total. The number of nitro benzene ring substituents is 1. The lowest BCUT2D eigenvalue weighted by Crippen LogP contribution is -2.41. The van der Waals surface area contributed by atoms with Crippen LogP contribution in [0.1, 0.15) is 43.7 Å². The normalized spacial score (nSPS) is 19.8. The summed E-state index contributed by atoms with van der Waals surface area (Å²) < 4.78 is 11.0. The molecule has 2 aromatic carbocycles. The van der Waals surface area contributed by atoms with Crippen molar-refractivity contribution in [1.29, 1.82) is 0 Å². The van der Waals surface area contributed by atoms with E-state index < -0.39 is 22.8 Å². The molecule has 2 aliphatic heterocycles. The summed E-state index contributed by atoms with van der Waals surface area (Å²) in [5.74, 6) is -2.28. The van der Waals surface area contributed by atoms with Gasteiger partial charge >= 0.3 is 11.9 Å². The lowest BCUT2D eigenvalue weighted by atomic mass is 9.79. The van der Waals surface area contributed by atoms with Crippen molar-refractivity contribution < 1.29 is 24.0 Å². The van der Waals surface area contributed by atoms with E-state index >= 15 is 0 Å². The van der Waals surface area contributed by atoms with E-state index in [0.717, 1.165) is 19.5 Å². The van der Waals surface area contributed by atoms with Crippen molar-refractivity contribution in [2.75, 3.05) is 20.2 Å². The first-order valence-corrected chi connectivity index (χ1v) is 12.3. The molecule has 0 radical (unpaired) electrons. The molecule has 202 valence electrons. The highest BCUT2D eigenvalue weighted by atomic mass is 35.5. The average Bonchev–Trinajstić information content (AvgIpc) is 2.88. The number of ether oxygens (including phenoxy) is 2. The fourth-order valence-electron chi connectivity index (χ4n) is 5.16. The SMILES string of the molecule is COC(=O)C1=C(C)NC(C)=C(C(=O)OC2CCCN(Cc3ccccc3)C2)C1c1ccccc1[N+](=O)[O-].Cl. The van der Waals surface area contributed by atoms with Gasteiger partial charge in [0.2, 0.25) is 0 Å². The molecule has 1 saturated heterocycles. The zero-order valence-corrected chi connectivity index (χ0v) is 22.5. The van der Waals surface area contributed by atoms with Gasteiger partial charge < -0.3 is 14.8 Å². The second-order valence-electron chi connectivity index (χ2n) is 9.33. The van der Waals surface area contributed by atoms with Crippen LogP contribution in [0.2, 0.25) is 0 Å². The Labute approximate surface area is 228 Å². The number of hydrogen-bond acceptors (Lipinski definition) is 8. The first-order valence-electron chi connectivity index (χ1n) is 12.3. The van der Waals surface area contributed by atoms with Gasteiger partial charge in [0.25, 0.3) is 5.69 Å². The largest absolute Gasteiger partial charge is 0.466 e. The van der Waals surface area contributed by atoms with Gasteiger partial charge in [0.1, 0.15) is 6.10 Å². The minimum atomic E-state index is -1.01. The third kappa shape index (κ3) is 6.23. The molecule has 38 heavy (non-hydrogen) atoms. The van der Waals surface area contributed by atoms with Crippen LogP contribution in [0, 0.1) is 10.1 Å². The number of likely N-dealkylation sites (tertiary alicyclic amines) is 1. The van der Waals surface area contributed by atoms with E-state index in [1.165, 1.54) is 18.7 Å². The summed E-state index contributed by atoms with van der Waals surface area (Å²) in [5.41, 5.74) is 2.49. The lowest BCUT2D eigenvalue weighted by molar-refractivity contribution is -0.385. The van der Waals surface area contributed by atoms with Crippen LogP contribution in [0.5, 0.6) is 0 Å².